The van der Waals surface area contributed by atoms with Gasteiger partial charge in [0, 0.05) is 36.9 Å². The molecular weight excluding hydrogens is 973 g/mol. The van der Waals surface area contributed by atoms with Gasteiger partial charge in [-0.15, -0.1) is 0 Å². The van der Waals surface area contributed by atoms with E-state index in [1.807, 2.05) is 0 Å². The maximum absolute atomic E-state index is 11.3. The van der Waals surface area contributed by atoms with Crippen LogP contribution >= 0.6 is 0 Å². The molecule has 456 valence electrons. The van der Waals surface area contributed by atoms with Crippen LogP contribution in [-0.4, -0.2) is 97.7 Å². The number of carboxylic acid groups (broad SMARTS) is 2. The van der Waals surface area contributed by atoms with Gasteiger partial charge in [-0.2, -0.15) is 0 Å². The van der Waals surface area contributed by atoms with Gasteiger partial charge in [-0.1, -0.05) is 350 Å². The molecule has 0 saturated heterocycles. The molecule has 0 aromatic rings. The Morgan fingerprint density at radius 3 is 0.494 bits per heavy atom. The van der Waals surface area contributed by atoms with E-state index < -0.39 is 11.9 Å². The summed E-state index contributed by atoms with van der Waals surface area (Å²) >= 11 is 0. The van der Waals surface area contributed by atoms with E-state index in [9.17, 15) is 19.8 Å². The van der Waals surface area contributed by atoms with Crippen LogP contribution in [0.1, 0.15) is 401 Å². The van der Waals surface area contributed by atoms with Gasteiger partial charge in [0.25, 0.3) is 0 Å². The molecule has 6 nitrogen and oxygen atoms in total. The molecule has 2 atom stereocenters. The van der Waals surface area contributed by atoms with E-state index in [0.717, 1.165) is 39.0 Å². The van der Waals surface area contributed by atoms with Crippen LogP contribution in [0.25, 0.3) is 0 Å². The van der Waals surface area contributed by atoms with Gasteiger partial charge in [0.2, 0.25) is 0 Å². The molecule has 0 aliphatic carbocycles. The van der Waals surface area contributed by atoms with Gasteiger partial charge in [0.05, 0.1) is 0 Å². The number of carbonyl (C=O) groups excluding carboxylic acids is 2. The first-order valence-corrected chi connectivity index (χ1v) is 35.2. The fraction of sp³-hybridized carbons (Fsp3) is 0.971. The van der Waals surface area contributed by atoms with Crippen LogP contribution < -0.4 is 10.2 Å². The summed E-state index contributed by atoms with van der Waals surface area (Å²) in [5.74, 6) is -1.78. The van der Waals surface area contributed by atoms with Crippen molar-refractivity contribution in [1.29, 1.82) is 0 Å². The Bertz CT molecular complexity index is 965. The molecule has 0 rings (SSSR count). The van der Waals surface area contributed by atoms with Crippen molar-refractivity contribution in [3.63, 3.8) is 0 Å². The number of nitrogens with zero attached hydrogens (tertiary/aromatic N) is 2. The molecule has 77 heavy (non-hydrogen) atoms. The number of rotatable bonds is 64. The third-order valence-corrected chi connectivity index (χ3v) is 17.0. The minimum Gasteiger partial charge on any atom is -0.550 e. The van der Waals surface area contributed by atoms with Gasteiger partial charge in [0.15, 0.2) is 0 Å². The summed E-state index contributed by atoms with van der Waals surface area (Å²) in [6.45, 7) is 17.6. The normalized spacial score (nSPS) is 12.3. The fourth-order valence-electron chi connectivity index (χ4n) is 11.7. The molecular formula is C70H140CaN2O4. The predicted octanol–water partition coefficient (Wildman–Crippen LogP) is 20.4. The second-order valence-corrected chi connectivity index (χ2v) is 24.3. The molecule has 0 aliphatic rings. The van der Waals surface area contributed by atoms with Crippen molar-refractivity contribution in [3.05, 3.63) is 0 Å². The fourth-order valence-corrected chi connectivity index (χ4v) is 11.7. The molecule has 0 saturated carbocycles. The SMILES string of the molecule is CCCCCCCCCCCCCCCN(CCCCCCCCCCCCCCC)C(CC)CC(=O)[O-].CCCCCCCCCCCCCCCN(CCCCCCCCCCCCCCC)C(CC)CC(=O)[O-].[Ca+2]. The Kier molecular flexibility index (Phi) is 74.4. The van der Waals surface area contributed by atoms with Gasteiger partial charge in [-0.25, -0.2) is 0 Å². The number of hydrogen-bond acceptors (Lipinski definition) is 6. The summed E-state index contributed by atoms with van der Waals surface area (Å²) in [5.41, 5.74) is 0. The van der Waals surface area contributed by atoms with Gasteiger partial charge in [0.1, 0.15) is 0 Å². The third kappa shape index (κ3) is 65.1. The van der Waals surface area contributed by atoms with Crippen molar-refractivity contribution in [2.45, 2.75) is 413 Å². The Labute approximate surface area is 514 Å². The topological polar surface area (TPSA) is 86.7 Å². The number of aliphatic carboxylic acids is 2. The number of unbranched alkanes of at least 4 members (excludes halogenated alkanes) is 48. The Balaban J connectivity index is -0.00000140. The van der Waals surface area contributed by atoms with E-state index >= 15 is 0 Å². The van der Waals surface area contributed by atoms with Gasteiger partial charge in [-0.3, -0.25) is 0 Å². The molecule has 0 radical (unpaired) electrons. The maximum atomic E-state index is 11.3. The second-order valence-electron chi connectivity index (χ2n) is 24.3. The monoisotopic (exact) mass is 1110 g/mol. The number of hydrogen-bond donors (Lipinski definition) is 0. The van der Waals surface area contributed by atoms with Crippen LogP contribution in [0.3, 0.4) is 0 Å². The molecule has 0 fully saturated rings. The van der Waals surface area contributed by atoms with E-state index in [-0.39, 0.29) is 62.7 Å². The Morgan fingerprint density at radius 1 is 0.247 bits per heavy atom. The molecule has 2 unspecified atom stereocenters. The zero-order valence-electron chi connectivity index (χ0n) is 53.8. The molecule has 0 heterocycles. The Hall–Kier alpha value is 0.120. The standard InChI is InChI=1S/2C35H71NO2.Ca/c2*1-4-7-9-11-13-15-17-19-21-23-25-27-29-31-36(34(6-3)33-35(37)38)32-30-28-26-24-22-20-18-16-14-12-10-8-5-2;/h2*34H,4-33H2,1-3H3,(H,37,38);/q;;+2/p-2. The maximum Gasteiger partial charge on any atom is 2.00 e. The summed E-state index contributed by atoms with van der Waals surface area (Å²) in [6.07, 6.45) is 73.6. The van der Waals surface area contributed by atoms with Crippen molar-refractivity contribution in [2.24, 2.45) is 0 Å². The number of carbonyl (C=O) groups is 2. The van der Waals surface area contributed by atoms with E-state index in [4.69, 9.17) is 0 Å². The van der Waals surface area contributed by atoms with Crippen LogP contribution in [0.2, 0.25) is 0 Å². The largest absolute Gasteiger partial charge is 2.00 e. The van der Waals surface area contributed by atoms with Gasteiger partial charge < -0.3 is 29.6 Å². The van der Waals surface area contributed by atoms with E-state index in [1.54, 1.807) is 0 Å². The van der Waals surface area contributed by atoms with E-state index in [2.05, 4.69) is 51.3 Å². The summed E-state index contributed by atoms with van der Waals surface area (Å²) in [6, 6.07) is 0.296. The first-order chi connectivity index (χ1) is 37.3. The van der Waals surface area contributed by atoms with Gasteiger partial charge in [-0.05, 0) is 64.7 Å². The first-order valence-electron chi connectivity index (χ1n) is 35.2. The predicted molar refractivity (Wildman–Crippen MR) is 339 cm³/mol. The van der Waals surface area contributed by atoms with Crippen molar-refractivity contribution in [1.82, 2.24) is 9.80 Å². The summed E-state index contributed by atoms with van der Waals surface area (Å²) < 4.78 is 0. The summed E-state index contributed by atoms with van der Waals surface area (Å²) in [7, 11) is 0. The molecule has 0 bridgehead atoms. The van der Waals surface area contributed by atoms with Crippen LogP contribution in [0.15, 0.2) is 0 Å². The van der Waals surface area contributed by atoms with Crippen LogP contribution in [0.4, 0.5) is 0 Å². The van der Waals surface area contributed by atoms with Crippen molar-refractivity contribution < 1.29 is 19.8 Å². The summed E-state index contributed by atoms with van der Waals surface area (Å²) in [5, 5.41) is 22.6. The zero-order valence-corrected chi connectivity index (χ0v) is 56.0. The van der Waals surface area contributed by atoms with Crippen molar-refractivity contribution in [2.75, 3.05) is 26.2 Å². The number of carboxylic acids is 2. The average Bonchev–Trinajstić information content (AvgIpc) is 3.41. The minimum absolute atomic E-state index is 0. The first kappa shape index (κ1) is 81.3. The van der Waals surface area contributed by atoms with Crippen LogP contribution in [0.5, 0.6) is 0 Å². The molecule has 0 amide bonds. The second kappa shape index (κ2) is 70.4. The van der Waals surface area contributed by atoms with Crippen LogP contribution in [0, 0.1) is 0 Å². The molecule has 0 N–H and O–H groups in total. The molecule has 0 spiro atoms. The average molecular weight is 1110 g/mol. The third-order valence-electron chi connectivity index (χ3n) is 17.0. The van der Waals surface area contributed by atoms with Crippen LogP contribution in [-0.2, 0) is 9.59 Å². The van der Waals surface area contributed by atoms with Gasteiger partial charge >= 0.3 is 37.7 Å². The minimum atomic E-state index is -0.891. The quantitative estimate of drug-likeness (QED) is 0.0445. The molecule has 0 aromatic heterocycles. The zero-order chi connectivity index (χ0) is 55.9. The summed E-state index contributed by atoms with van der Waals surface area (Å²) in [4.78, 5) is 27.6. The Morgan fingerprint density at radius 2 is 0.377 bits per heavy atom. The van der Waals surface area contributed by atoms with E-state index in [1.165, 1.54) is 334 Å². The molecule has 0 aromatic carbocycles. The molecule has 0 aliphatic heterocycles. The molecule has 7 heteroatoms. The van der Waals surface area contributed by atoms with E-state index in [0.29, 0.717) is 0 Å². The van der Waals surface area contributed by atoms with Crippen molar-refractivity contribution in [3.8, 4) is 0 Å². The van der Waals surface area contributed by atoms with Crippen molar-refractivity contribution >= 4 is 49.7 Å². The smallest absolute Gasteiger partial charge is 0.550 e.